The van der Waals surface area contributed by atoms with Crippen LogP contribution in [0, 0.1) is 5.82 Å². The number of carbonyl (C=O) groups is 1. The van der Waals surface area contributed by atoms with Crippen molar-refractivity contribution in [2.24, 2.45) is 0 Å². The summed E-state index contributed by atoms with van der Waals surface area (Å²) < 4.78 is 13.6. The van der Waals surface area contributed by atoms with E-state index < -0.39 is 11.8 Å². The molecular weight excluding hydrogens is 331 g/mol. The molecule has 3 rings (SSSR count). The van der Waals surface area contributed by atoms with Crippen molar-refractivity contribution in [2.75, 3.05) is 23.7 Å². The molecule has 1 aromatic heterocycles. The third kappa shape index (κ3) is 4.14. The van der Waals surface area contributed by atoms with E-state index in [0.29, 0.717) is 13.0 Å². The zero-order valence-electron chi connectivity index (χ0n) is 13.0. The van der Waals surface area contributed by atoms with Crippen molar-refractivity contribution >= 4 is 29.1 Å². The molecule has 1 aliphatic heterocycles. The quantitative estimate of drug-likeness (QED) is 0.791. The van der Waals surface area contributed by atoms with Gasteiger partial charge in [-0.05, 0) is 42.7 Å². The average molecular weight is 349 g/mol. The molecule has 2 aromatic rings. The third-order valence-electron chi connectivity index (χ3n) is 3.80. The van der Waals surface area contributed by atoms with Gasteiger partial charge in [0.1, 0.15) is 11.6 Å². The van der Waals surface area contributed by atoms with E-state index in [1.165, 1.54) is 17.7 Å². The minimum Gasteiger partial charge on any atom is -0.370 e. The maximum atomic E-state index is 13.6. The van der Waals surface area contributed by atoms with Crippen molar-refractivity contribution < 1.29 is 9.18 Å². The molecule has 0 saturated carbocycles. The van der Waals surface area contributed by atoms with Crippen molar-refractivity contribution in [1.82, 2.24) is 10.3 Å². The Kier molecular flexibility index (Phi) is 5.15. The summed E-state index contributed by atoms with van der Waals surface area (Å²) in [4.78, 5) is 16.4. The van der Waals surface area contributed by atoms with Crippen LogP contribution in [0.3, 0.4) is 0 Å². The number of benzene rings is 1. The Bertz CT molecular complexity index is 753. The lowest BCUT2D eigenvalue weighted by molar-refractivity contribution is 0.252. The van der Waals surface area contributed by atoms with E-state index in [4.69, 9.17) is 11.6 Å². The summed E-state index contributed by atoms with van der Waals surface area (Å²) in [5.74, 6) is 0.367. The molecule has 0 bridgehead atoms. The molecule has 0 atom stereocenters. The molecule has 0 spiro atoms. The minimum absolute atomic E-state index is 0.0907. The van der Waals surface area contributed by atoms with Gasteiger partial charge in [-0.1, -0.05) is 17.7 Å². The van der Waals surface area contributed by atoms with Crippen molar-refractivity contribution in [3.8, 4) is 0 Å². The number of aryl methyl sites for hydroxylation is 1. The van der Waals surface area contributed by atoms with Gasteiger partial charge in [-0.25, -0.2) is 14.2 Å². The highest BCUT2D eigenvalue weighted by Crippen LogP contribution is 2.20. The van der Waals surface area contributed by atoms with Crippen LogP contribution in [0.4, 0.5) is 20.7 Å². The summed E-state index contributed by atoms with van der Waals surface area (Å²) in [7, 11) is 0. The number of hydrogen-bond donors (Lipinski definition) is 3. The molecule has 1 aliphatic rings. The molecule has 1 aromatic carbocycles. The van der Waals surface area contributed by atoms with E-state index in [1.807, 2.05) is 6.07 Å². The molecule has 5 nitrogen and oxygen atoms in total. The van der Waals surface area contributed by atoms with Gasteiger partial charge in [0.05, 0.1) is 5.69 Å². The topological polar surface area (TPSA) is 66.0 Å². The van der Waals surface area contributed by atoms with Crippen LogP contribution in [-0.2, 0) is 12.8 Å². The monoisotopic (exact) mass is 348 g/mol. The Morgan fingerprint density at radius 3 is 3.04 bits per heavy atom. The maximum Gasteiger partial charge on any atom is 0.319 e. The van der Waals surface area contributed by atoms with Gasteiger partial charge < -0.3 is 16.0 Å². The first kappa shape index (κ1) is 16.5. The lowest BCUT2D eigenvalue weighted by atomic mass is 10.1. The second-order valence-electron chi connectivity index (χ2n) is 5.60. The minimum atomic E-state index is -0.569. The number of anilines is 2. The average Bonchev–Trinajstić information content (AvgIpc) is 2.57. The van der Waals surface area contributed by atoms with Crippen LogP contribution in [0.2, 0.25) is 5.02 Å². The number of fused-ring (bicyclic) bond motifs is 1. The number of nitrogens with one attached hydrogen (secondary N) is 3. The number of hydrogen-bond acceptors (Lipinski definition) is 3. The summed E-state index contributed by atoms with van der Waals surface area (Å²) in [5, 5.41) is 8.71. The molecule has 0 aliphatic carbocycles. The van der Waals surface area contributed by atoms with Gasteiger partial charge in [0.2, 0.25) is 0 Å². The lowest BCUT2D eigenvalue weighted by Crippen LogP contribution is -2.31. The summed E-state index contributed by atoms with van der Waals surface area (Å²) >= 11 is 5.67. The first-order valence-corrected chi connectivity index (χ1v) is 8.22. The summed E-state index contributed by atoms with van der Waals surface area (Å²) in [5.41, 5.74) is 2.23. The lowest BCUT2D eigenvalue weighted by Gasteiger charge is -2.17. The molecule has 0 unspecified atom stereocenters. The van der Waals surface area contributed by atoms with Gasteiger partial charge in [0.25, 0.3) is 0 Å². The highest BCUT2D eigenvalue weighted by atomic mass is 35.5. The number of carbonyl (C=O) groups excluding carboxylic acids is 1. The number of aromatic nitrogens is 1. The first-order chi connectivity index (χ1) is 11.6. The number of nitrogens with zero attached hydrogens (tertiary/aromatic N) is 1. The number of halogens is 2. The molecule has 126 valence electrons. The van der Waals surface area contributed by atoms with E-state index in [-0.39, 0.29) is 10.7 Å². The van der Waals surface area contributed by atoms with Crippen molar-refractivity contribution in [3.63, 3.8) is 0 Å². The fraction of sp³-hybridized carbons (Fsp3) is 0.294. The molecule has 2 amide bonds. The van der Waals surface area contributed by atoms with Crippen molar-refractivity contribution in [1.29, 1.82) is 0 Å². The predicted octanol–water partition coefficient (Wildman–Crippen LogP) is 3.60. The van der Waals surface area contributed by atoms with Crippen molar-refractivity contribution in [2.45, 2.75) is 19.3 Å². The van der Waals surface area contributed by atoms with E-state index in [1.54, 1.807) is 0 Å². The van der Waals surface area contributed by atoms with Crippen LogP contribution in [0.5, 0.6) is 0 Å². The largest absolute Gasteiger partial charge is 0.370 e. The molecule has 7 heteroatoms. The van der Waals surface area contributed by atoms with E-state index in [0.717, 1.165) is 37.0 Å². The Labute approximate surface area is 144 Å². The molecule has 0 fully saturated rings. The summed E-state index contributed by atoms with van der Waals surface area (Å²) in [6.07, 6.45) is 2.77. The predicted molar refractivity (Wildman–Crippen MR) is 93.2 cm³/mol. The fourth-order valence-corrected chi connectivity index (χ4v) is 2.73. The molecule has 0 saturated heterocycles. The fourth-order valence-electron chi connectivity index (χ4n) is 2.57. The Balaban J connectivity index is 1.50. The SMILES string of the molecule is O=C(NCCc1ccc2c(n1)NCCC2)Nc1ccc(Cl)cc1F. The van der Waals surface area contributed by atoms with Gasteiger partial charge in [-0.2, -0.15) is 0 Å². The normalized spacial score (nSPS) is 12.9. The zero-order chi connectivity index (χ0) is 16.9. The maximum absolute atomic E-state index is 13.6. The van der Waals surface area contributed by atoms with Crippen LogP contribution in [-0.4, -0.2) is 24.1 Å². The highest BCUT2D eigenvalue weighted by Gasteiger charge is 2.11. The van der Waals surface area contributed by atoms with E-state index >= 15 is 0 Å². The summed E-state index contributed by atoms with van der Waals surface area (Å²) in [6.45, 7) is 1.35. The first-order valence-electron chi connectivity index (χ1n) is 7.84. The number of rotatable bonds is 4. The van der Waals surface area contributed by atoms with Crippen LogP contribution >= 0.6 is 11.6 Å². The van der Waals surface area contributed by atoms with Crippen LogP contribution in [0.15, 0.2) is 30.3 Å². The second-order valence-corrected chi connectivity index (χ2v) is 6.03. The van der Waals surface area contributed by atoms with Gasteiger partial charge in [0, 0.05) is 30.2 Å². The van der Waals surface area contributed by atoms with Gasteiger partial charge in [-0.15, -0.1) is 0 Å². The van der Waals surface area contributed by atoms with Gasteiger partial charge >= 0.3 is 6.03 Å². The highest BCUT2D eigenvalue weighted by molar-refractivity contribution is 6.30. The molecular formula is C17H18ClFN4O. The standard InChI is InChI=1S/C17H18ClFN4O/c18-12-4-6-15(14(19)10-12)23-17(24)21-9-7-13-5-3-11-2-1-8-20-16(11)22-13/h3-6,10H,1-2,7-9H2,(H,20,22)(H2,21,23,24). The van der Waals surface area contributed by atoms with Crippen LogP contribution in [0.1, 0.15) is 17.7 Å². The smallest absolute Gasteiger partial charge is 0.319 e. The Hall–Kier alpha value is -2.34. The summed E-state index contributed by atoms with van der Waals surface area (Å²) in [6, 6.07) is 7.68. The Morgan fingerprint density at radius 2 is 2.21 bits per heavy atom. The molecule has 24 heavy (non-hydrogen) atoms. The number of urea groups is 1. The Morgan fingerprint density at radius 1 is 1.33 bits per heavy atom. The zero-order valence-corrected chi connectivity index (χ0v) is 13.8. The molecule has 3 N–H and O–H groups in total. The number of amides is 2. The van der Waals surface area contributed by atoms with Crippen molar-refractivity contribution in [3.05, 3.63) is 52.4 Å². The molecule has 2 heterocycles. The third-order valence-corrected chi connectivity index (χ3v) is 4.03. The van der Waals surface area contributed by atoms with E-state index in [9.17, 15) is 9.18 Å². The number of pyridine rings is 1. The van der Waals surface area contributed by atoms with Crippen LogP contribution in [0.25, 0.3) is 0 Å². The van der Waals surface area contributed by atoms with Crippen LogP contribution < -0.4 is 16.0 Å². The second kappa shape index (κ2) is 7.49. The van der Waals surface area contributed by atoms with Gasteiger partial charge in [0.15, 0.2) is 0 Å². The van der Waals surface area contributed by atoms with Gasteiger partial charge in [-0.3, -0.25) is 0 Å². The molecule has 0 radical (unpaired) electrons. The van der Waals surface area contributed by atoms with E-state index in [2.05, 4.69) is 27.0 Å².